The molecule has 0 fully saturated rings. The summed E-state index contributed by atoms with van der Waals surface area (Å²) in [6.07, 6.45) is 0. The lowest BCUT2D eigenvalue weighted by Crippen LogP contribution is -2.30. The number of hydrogen-bond acceptors (Lipinski definition) is 5. The molecule has 0 amide bonds. The third kappa shape index (κ3) is 2.16. The van der Waals surface area contributed by atoms with Crippen LogP contribution in [-0.4, -0.2) is 16.8 Å². The van der Waals surface area contributed by atoms with E-state index < -0.39 is 11.3 Å². The highest BCUT2D eigenvalue weighted by molar-refractivity contribution is 5.77. The topological polar surface area (TPSA) is 81.7 Å². The van der Waals surface area contributed by atoms with E-state index in [4.69, 9.17) is 9.15 Å². The van der Waals surface area contributed by atoms with Gasteiger partial charge in [-0.25, -0.2) is 9.36 Å². The molecule has 0 atom stereocenters. The summed E-state index contributed by atoms with van der Waals surface area (Å²) in [4.78, 5) is 24.4. The third-order valence-corrected chi connectivity index (χ3v) is 3.11. The van der Waals surface area contributed by atoms with Crippen molar-refractivity contribution < 1.29 is 14.3 Å². The number of methoxy groups -OCH3 is 1. The molecule has 106 valence electrons. The van der Waals surface area contributed by atoms with Gasteiger partial charge in [0.25, 0.3) is 5.56 Å². The Bertz CT molecular complexity index is 921. The Hall–Kier alpha value is -3.02. The molecule has 0 bridgehead atoms. The van der Waals surface area contributed by atoms with Crippen molar-refractivity contribution >= 4 is 11.0 Å². The number of phenolic OH excluding ortho intramolecular Hbond substituents is 1. The van der Waals surface area contributed by atoms with Gasteiger partial charge in [-0.15, -0.1) is 0 Å². The highest BCUT2D eigenvalue weighted by Crippen LogP contribution is 2.17. The fourth-order valence-corrected chi connectivity index (χ4v) is 2.07. The van der Waals surface area contributed by atoms with Crippen LogP contribution in [0, 0.1) is 0 Å². The number of benzene rings is 2. The van der Waals surface area contributed by atoms with E-state index in [2.05, 4.69) is 0 Å². The van der Waals surface area contributed by atoms with Crippen LogP contribution in [0.4, 0.5) is 0 Å². The van der Waals surface area contributed by atoms with E-state index in [1.54, 1.807) is 24.3 Å². The van der Waals surface area contributed by atoms with E-state index in [-0.39, 0.29) is 16.7 Å². The summed E-state index contributed by atoms with van der Waals surface area (Å²) in [5, 5.41) is 9.60. The van der Waals surface area contributed by atoms with Crippen molar-refractivity contribution in [2.24, 2.45) is 0 Å². The second-order valence-electron chi connectivity index (χ2n) is 4.39. The van der Waals surface area contributed by atoms with E-state index in [0.717, 1.165) is 4.57 Å². The number of rotatable bonds is 2. The fraction of sp³-hybridized carbons (Fsp3) is 0.0667. The zero-order valence-electron chi connectivity index (χ0n) is 11.1. The van der Waals surface area contributed by atoms with E-state index >= 15 is 0 Å². The largest absolute Gasteiger partial charge is 0.508 e. The van der Waals surface area contributed by atoms with Gasteiger partial charge < -0.3 is 14.3 Å². The lowest BCUT2D eigenvalue weighted by molar-refractivity contribution is 0.414. The molecule has 6 nitrogen and oxygen atoms in total. The maximum atomic E-state index is 12.4. The average Bonchev–Trinajstić information content (AvgIpc) is 2.49. The van der Waals surface area contributed by atoms with Crippen LogP contribution in [-0.2, 0) is 0 Å². The van der Waals surface area contributed by atoms with Crippen LogP contribution in [0.2, 0.25) is 0 Å². The Balaban J connectivity index is 2.31. The molecule has 0 unspecified atom stereocenters. The highest BCUT2D eigenvalue weighted by atomic mass is 16.5. The third-order valence-electron chi connectivity index (χ3n) is 3.11. The lowest BCUT2D eigenvalue weighted by Gasteiger charge is -2.06. The SMILES string of the molecule is COc1ccc(-n2c(=O)oc3ccc(O)cc3c2=O)cc1. The van der Waals surface area contributed by atoms with Gasteiger partial charge in [-0.3, -0.25) is 4.79 Å². The first-order valence-corrected chi connectivity index (χ1v) is 6.13. The molecule has 0 aliphatic rings. The Morgan fingerprint density at radius 1 is 1.10 bits per heavy atom. The van der Waals surface area contributed by atoms with Crippen LogP contribution in [0.25, 0.3) is 16.7 Å². The number of aromatic hydroxyl groups is 1. The second kappa shape index (κ2) is 4.82. The molecule has 3 rings (SSSR count). The van der Waals surface area contributed by atoms with Crippen LogP contribution in [0.1, 0.15) is 0 Å². The van der Waals surface area contributed by atoms with Crippen LogP contribution < -0.4 is 16.1 Å². The molecule has 1 aromatic heterocycles. The van der Waals surface area contributed by atoms with E-state index in [1.807, 2.05) is 0 Å². The van der Waals surface area contributed by atoms with E-state index in [0.29, 0.717) is 11.4 Å². The number of hydrogen-bond donors (Lipinski definition) is 1. The molecule has 3 aromatic rings. The summed E-state index contributed by atoms with van der Waals surface area (Å²) in [7, 11) is 1.52. The summed E-state index contributed by atoms with van der Waals surface area (Å²) in [6, 6.07) is 10.4. The molecule has 0 saturated heterocycles. The van der Waals surface area contributed by atoms with Gasteiger partial charge in [-0.1, -0.05) is 0 Å². The summed E-state index contributed by atoms with van der Waals surface area (Å²) in [5.74, 6) is -0.257. The normalized spacial score (nSPS) is 10.7. The van der Waals surface area contributed by atoms with Crippen molar-refractivity contribution in [1.82, 2.24) is 4.57 Å². The first-order valence-electron chi connectivity index (χ1n) is 6.13. The molecular formula is C15H11NO5. The number of phenols is 1. The Kier molecular flexibility index (Phi) is 2.98. The molecule has 1 N–H and O–H groups in total. The zero-order valence-corrected chi connectivity index (χ0v) is 11.1. The maximum Gasteiger partial charge on any atom is 0.426 e. The van der Waals surface area contributed by atoms with Crippen molar-refractivity contribution in [3.8, 4) is 17.2 Å². The maximum absolute atomic E-state index is 12.4. The zero-order chi connectivity index (χ0) is 15.0. The van der Waals surface area contributed by atoms with Gasteiger partial charge in [0.15, 0.2) is 0 Å². The van der Waals surface area contributed by atoms with Crippen LogP contribution in [0.5, 0.6) is 11.5 Å². The molecule has 0 spiro atoms. The van der Waals surface area contributed by atoms with Gasteiger partial charge in [0, 0.05) is 0 Å². The minimum Gasteiger partial charge on any atom is -0.508 e. The van der Waals surface area contributed by atoms with Crippen LogP contribution in [0.15, 0.2) is 56.5 Å². The summed E-state index contributed by atoms with van der Waals surface area (Å²) in [5.41, 5.74) is -0.0605. The van der Waals surface area contributed by atoms with Gasteiger partial charge in [-0.05, 0) is 42.5 Å². The molecule has 6 heteroatoms. The molecule has 0 aliphatic heterocycles. The quantitative estimate of drug-likeness (QED) is 0.774. The predicted octanol–water partition coefficient (Wildman–Crippen LogP) is 1.66. The number of fused-ring (bicyclic) bond motifs is 1. The van der Waals surface area contributed by atoms with Crippen molar-refractivity contribution in [2.75, 3.05) is 7.11 Å². The summed E-state index contributed by atoms with van der Waals surface area (Å²) in [6.45, 7) is 0. The van der Waals surface area contributed by atoms with Gasteiger partial charge in [0.2, 0.25) is 0 Å². The predicted molar refractivity (Wildman–Crippen MR) is 76.3 cm³/mol. The average molecular weight is 285 g/mol. The summed E-state index contributed by atoms with van der Waals surface area (Å²) < 4.78 is 11.0. The smallest absolute Gasteiger partial charge is 0.426 e. The molecule has 0 aliphatic carbocycles. The first-order chi connectivity index (χ1) is 10.1. The van der Waals surface area contributed by atoms with E-state index in [1.165, 1.54) is 25.3 Å². The van der Waals surface area contributed by atoms with Gasteiger partial charge in [0.1, 0.15) is 17.1 Å². The molecule has 21 heavy (non-hydrogen) atoms. The molecule has 1 heterocycles. The Morgan fingerprint density at radius 2 is 1.81 bits per heavy atom. The van der Waals surface area contributed by atoms with Crippen molar-refractivity contribution in [1.29, 1.82) is 0 Å². The highest BCUT2D eigenvalue weighted by Gasteiger charge is 2.12. The van der Waals surface area contributed by atoms with Gasteiger partial charge >= 0.3 is 5.76 Å². The van der Waals surface area contributed by atoms with Gasteiger partial charge in [-0.2, -0.15) is 0 Å². The molecule has 2 aromatic carbocycles. The van der Waals surface area contributed by atoms with E-state index in [9.17, 15) is 14.7 Å². The van der Waals surface area contributed by atoms with Crippen LogP contribution in [0.3, 0.4) is 0 Å². The minimum atomic E-state index is -0.789. The van der Waals surface area contributed by atoms with Crippen LogP contribution >= 0.6 is 0 Å². The molecule has 0 saturated carbocycles. The fourth-order valence-electron chi connectivity index (χ4n) is 2.07. The molecular weight excluding hydrogens is 274 g/mol. The Labute approximate surface area is 118 Å². The van der Waals surface area contributed by atoms with Crippen molar-refractivity contribution in [3.63, 3.8) is 0 Å². The monoisotopic (exact) mass is 285 g/mol. The van der Waals surface area contributed by atoms with Crippen molar-refractivity contribution in [2.45, 2.75) is 0 Å². The summed E-state index contributed by atoms with van der Waals surface area (Å²) >= 11 is 0. The Morgan fingerprint density at radius 3 is 2.48 bits per heavy atom. The number of nitrogens with zero attached hydrogens (tertiary/aromatic N) is 1. The first kappa shape index (κ1) is 13.0. The molecule has 0 radical (unpaired) electrons. The number of aromatic nitrogens is 1. The minimum absolute atomic E-state index is 0.0743. The van der Waals surface area contributed by atoms with Crippen molar-refractivity contribution in [3.05, 3.63) is 63.4 Å². The van der Waals surface area contributed by atoms with Gasteiger partial charge in [0.05, 0.1) is 18.2 Å². The standard InChI is InChI=1S/C15H11NO5/c1-20-11-5-2-9(3-6-11)16-14(18)12-8-10(17)4-7-13(12)21-15(16)19/h2-8,17H,1H3. The lowest BCUT2D eigenvalue weighted by atomic mass is 10.2. The second-order valence-corrected chi connectivity index (χ2v) is 4.39. The number of ether oxygens (including phenoxy) is 1.